The molecule has 0 aromatic heterocycles. The highest BCUT2D eigenvalue weighted by Crippen LogP contribution is 2.16. The molecular weight excluding hydrogens is 172 g/mol. The van der Waals surface area contributed by atoms with E-state index in [1.54, 1.807) is 0 Å². The lowest BCUT2D eigenvalue weighted by Crippen LogP contribution is -1.95. The van der Waals surface area contributed by atoms with Crippen LogP contribution in [0.4, 0.5) is 11.4 Å². The molecule has 1 aromatic carbocycles. The van der Waals surface area contributed by atoms with E-state index in [2.05, 4.69) is 6.92 Å². The van der Waals surface area contributed by atoms with E-state index < -0.39 is 0 Å². The van der Waals surface area contributed by atoms with E-state index in [-0.39, 0.29) is 12.4 Å². The first-order valence-corrected chi connectivity index (χ1v) is 3.88. The molecule has 0 unspecified atom stereocenters. The highest BCUT2D eigenvalue weighted by molar-refractivity contribution is 5.85. The second-order valence-corrected chi connectivity index (χ2v) is 2.71. The first-order valence-electron chi connectivity index (χ1n) is 3.88. The summed E-state index contributed by atoms with van der Waals surface area (Å²) in [5.74, 6) is 0. The van der Waals surface area contributed by atoms with Crippen molar-refractivity contribution in [2.45, 2.75) is 19.8 Å². The van der Waals surface area contributed by atoms with Crippen molar-refractivity contribution < 1.29 is 0 Å². The van der Waals surface area contributed by atoms with E-state index in [0.29, 0.717) is 11.4 Å². The van der Waals surface area contributed by atoms with Gasteiger partial charge in [0, 0.05) is 0 Å². The highest BCUT2D eigenvalue weighted by Gasteiger charge is 1.95. The molecule has 68 valence electrons. The topological polar surface area (TPSA) is 52.0 Å². The summed E-state index contributed by atoms with van der Waals surface area (Å²) < 4.78 is 0. The van der Waals surface area contributed by atoms with Gasteiger partial charge in [0.2, 0.25) is 0 Å². The van der Waals surface area contributed by atoms with Gasteiger partial charge in [-0.05, 0) is 24.1 Å². The maximum atomic E-state index is 5.63. The summed E-state index contributed by atoms with van der Waals surface area (Å²) in [6.07, 6.45) is 2.22. The highest BCUT2D eigenvalue weighted by atomic mass is 35.5. The van der Waals surface area contributed by atoms with Crippen LogP contribution in [0.3, 0.4) is 0 Å². The molecule has 1 rings (SSSR count). The van der Waals surface area contributed by atoms with Crippen molar-refractivity contribution >= 4 is 23.8 Å². The zero-order valence-electron chi connectivity index (χ0n) is 7.21. The number of nitrogens with two attached hydrogens (primary N) is 2. The Labute approximate surface area is 79.4 Å². The Kier molecular flexibility index (Phi) is 4.52. The quantitative estimate of drug-likeness (QED) is 0.696. The molecule has 0 aliphatic rings. The summed E-state index contributed by atoms with van der Waals surface area (Å²) in [7, 11) is 0. The molecule has 0 heterocycles. The van der Waals surface area contributed by atoms with Crippen LogP contribution in [0.2, 0.25) is 0 Å². The molecule has 0 fully saturated rings. The van der Waals surface area contributed by atoms with Gasteiger partial charge in [0.1, 0.15) is 0 Å². The predicted octanol–water partition coefficient (Wildman–Crippen LogP) is 2.23. The fraction of sp³-hybridized carbons (Fsp3) is 0.333. The maximum absolute atomic E-state index is 5.63. The second kappa shape index (κ2) is 4.88. The Balaban J connectivity index is 0.00000121. The molecule has 2 nitrogen and oxygen atoms in total. The van der Waals surface area contributed by atoms with Gasteiger partial charge in [-0.1, -0.05) is 19.4 Å². The molecule has 3 heteroatoms. The number of hydrogen-bond donors (Lipinski definition) is 2. The molecule has 0 aliphatic carbocycles. The van der Waals surface area contributed by atoms with Crippen LogP contribution in [-0.4, -0.2) is 0 Å². The normalized spacial score (nSPS) is 9.08. The van der Waals surface area contributed by atoms with Crippen molar-refractivity contribution in [1.29, 1.82) is 0 Å². The fourth-order valence-electron chi connectivity index (χ4n) is 1.07. The first-order chi connectivity index (χ1) is 5.24. The molecule has 0 atom stereocenters. The standard InChI is InChI=1S/C9H14N2.ClH/c1-2-3-7-4-5-8(10)9(11)6-7;/h4-6H,2-3,10-11H2,1H3;1H. The van der Waals surface area contributed by atoms with Gasteiger partial charge in [-0.3, -0.25) is 0 Å². The summed E-state index contributed by atoms with van der Waals surface area (Å²) >= 11 is 0. The summed E-state index contributed by atoms with van der Waals surface area (Å²) in [6, 6.07) is 5.83. The minimum absolute atomic E-state index is 0. The van der Waals surface area contributed by atoms with Gasteiger partial charge in [0.25, 0.3) is 0 Å². The Morgan fingerprint density at radius 1 is 1.17 bits per heavy atom. The van der Waals surface area contributed by atoms with Gasteiger partial charge in [0.15, 0.2) is 0 Å². The number of nitrogen functional groups attached to an aromatic ring is 2. The van der Waals surface area contributed by atoms with Gasteiger partial charge >= 0.3 is 0 Å². The maximum Gasteiger partial charge on any atom is 0.0550 e. The monoisotopic (exact) mass is 186 g/mol. The largest absolute Gasteiger partial charge is 0.397 e. The summed E-state index contributed by atoms with van der Waals surface area (Å²) in [4.78, 5) is 0. The van der Waals surface area contributed by atoms with Crippen molar-refractivity contribution in [3.63, 3.8) is 0 Å². The van der Waals surface area contributed by atoms with Crippen LogP contribution in [0, 0.1) is 0 Å². The lowest BCUT2D eigenvalue weighted by Gasteiger charge is -2.02. The van der Waals surface area contributed by atoms with E-state index in [1.165, 1.54) is 5.56 Å². The summed E-state index contributed by atoms with van der Waals surface area (Å²) in [6.45, 7) is 2.15. The lowest BCUT2D eigenvalue weighted by molar-refractivity contribution is 0.922. The third kappa shape index (κ3) is 2.62. The number of rotatable bonds is 2. The molecule has 0 amide bonds. The second-order valence-electron chi connectivity index (χ2n) is 2.71. The van der Waals surface area contributed by atoms with Crippen LogP contribution in [0.15, 0.2) is 18.2 Å². The molecular formula is C9H15ClN2. The van der Waals surface area contributed by atoms with Gasteiger partial charge in [-0.25, -0.2) is 0 Å². The minimum Gasteiger partial charge on any atom is -0.397 e. The van der Waals surface area contributed by atoms with Crippen molar-refractivity contribution in [2.75, 3.05) is 11.5 Å². The number of benzene rings is 1. The number of anilines is 2. The third-order valence-corrected chi connectivity index (χ3v) is 1.69. The van der Waals surface area contributed by atoms with Crippen LogP contribution in [-0.2, 0) is 6.42 Å². The summed E-state index contributed by atoms with van der Waals surface area (Å²) in [5.41, 5.74) is 13.8. The van der Waals surface area contributed by atoms with Crippen molar-refractivity contribution in [2.24, 2.45) is 0 Å². The zero-order valence-corrected chi connectivity index (χ0v) is 8.03. The van der Waals surface area contributed by atoms with E-state index in [9.17, 15) is 0 Å². The lowest BCUT2D eigenvalue weighted by atomic mass is 10.1. The molecule has 12 heavy (non-hydrogen) atoms. The summed E-state index contributed by atoms with van der Waals surface area (Å²) in [5, 5.41) is 0. The molecule has 0 aliphatic heterocycles. The fourth-order valence-corrected chi connectivity index (χ4v) is 1.07. The minimum atomic E-state index is 0. The molecule has 0 saturated carbocycles. The molecule has 0 spiro atoms. The Morgan fingerprint density at radius 3 is 2.33 bits per heavy atom. The van der Waals surface area contributed by atoms with Crippen molar-refractivity contribution in [1.82, 2.24) is 0 Å². The Morgan fingerprint density at radius 2 is 1.83 bits per heavy atom. The average Bonchev–Trinajstić information content (AvgIpc) is 1.98. The van der Waals surface area contributed by atoms with Gasteiger partial charge in [0.05, 0.1) is 11.4 Å². The number of hydrogen-bond acceptors (Lipinski definition) is 2. The smallest absolute Gasteiger partial charge is 0.0550 e. The molecule has 0 saturated heterocycles. The molecule has 4 N–H and O–H groups in total. The first kappa shape index (κ1) is 11.1. The van der Waals surface area contributed by atoms with Crippen molar-refractivity contribution in [3.05, 3.63) is 23.8 Å². The van der Waals surface area contributed by atoms with E-state index in [4.69, 9.17) is 11.5 Å². The van der Waals surface area contributed by atoms with Crippen LogP contribution < -0.4 is 11.5 Å². The van der Waals surface area contributed by atoms with Gasteiger partial charge in [-0.15, -0.1) is 12.4 Å². The van der Waals surface area contributed by atoms with Gasteiger partial charge in [-0.2, -0.15) is 0 Å². The van der Waals surface area contributed by atoms with Crippen molar-refractivity contribution in [3.8, 4) is 0 Å². The van der Waals surface area contributed by atoms with Crippen LogP contribution in [0.25, 0.3) is 0 Å². The van der Waals surface area contributed by atoms with Crippen LogP contribution in [0.1, 0.15) is 18.9 Å². The van der Waals surface area contributed by atoms with E-state index in [1.807, 2.05) is 18.2 Å². The Bertz CT molecular complexity index is 248. The van der Waals surface area contributed by atoms with Crippen LogP contribution in [0.5, 0.6) is 0 Å². The number of halogens is 1. The third-order valence-electron chi connectivity index (χ3n) is 1.69. The van der Waals surface area contributed by atoms with Crippen LogP contribution >= 0.6 is 12.4 Å². The van der Waals surface area contributed by atoms with E-state index >= 15 is 0 Å². The van der Waals surface area contributed by atoms with E-state index in [0.717, 1.165) is 12.8 Å². The molecule has 0 radical (unpaired) electrons. The predicted molar refractivity (Wildman–Crippen MR) is 56.5 cm³/mol. The molecule has 0 bridgehead atoms. The SMILES string of the molecule is CCCc1ccc(N)c(N)c1.Cl. The molecule has 1 aromatic rings. The Hall–Kier alpha value is -0.890. The zero-order chi connectivity index (χ0) is 8.27. The average molecular weight is 187 g/mol. The van der Waals surface area contributed by atoms with Gasteiger partial charge < -0.3 is 11.5 Å². The number of aryl methyl sites for hydroxylation is 1.